The first-order valence-electron chi connectivity index (χ1n) is 11.8. The number of esters is 1. The number of nitrogens with one attached hydrogen (secondary N) is 1. The number of aliphatic hydroxyl groups is 2. The molecule has 1 aromatic carbocycles. The molecule has 36 heavy (non-hydrogen) atoms. The van der Waals surface area contributed by atoms with Gasteiger partial charge in [0, 0.05) is 25.7 Å². The van der Waals surface area contributed by atoms with E-state index >= 15 is 0 Å². The molecule has 4 rings (SSSR count). The largest absolute Gasteiger partial charge is 0.469 e. The molecule has 194 valence electrons. The van der Waals surface area contributed by atoms with Crippen LogP contribution in [0.5, 0.6) is 0 Å². The van der Waals surface area contributed by atoms with Crippen LogP contribution in [0.15, 0.2) is 36.9 Å². The molecule has 0 radical (unpaired) electrons. The van der Waals surface area contributed by atoms with Gasteiger partial charge in [-0.05, 0) is 31.5 Å². The number of benzene rings is 1. The third-order valence-electron chi connectivity index (χ3n) is 6.29. The third-order valence-corrected chi connectivity index (χ3v) is 6.29. The molecular weight excluding hydrogens is 471 g/mol. The molecule has 1 aliphatic rings. The highest BCUT2D eigenvalue weighted by atomic mass is 19.1. The van der Waals surface area contributed by atoms with Crippen LogP contribution < -0.4 is 5.32 Å². The van der Waals surface area contributed by atoms with Gasteiger partial charge in [0.1, 0.15) is 30.5 Å². The van der Waals surface area contributed by atoms with Gasteiger partial charge in [-0.2, -0.15) is 0 Å². The average molecular weight is 503 g/mol. The topological polar surface area (TPSA) is 135 Å². The minimum absolute atomic E-state index is 0.0789. The molecule has 11 nitrogen and oxygen atoms in total. The molecule has 0 saturated carbocycles. The van der Waals surface area contributed by atoms with Gasteiger partial charge in [-0.15, -0.1) is 0 Å². The number of carbonyl (C=O) groups excluding carboxylic acids is 1. The standard InChI is InChI=1S/C24H31FN6O5/c1-14(2)30(8-7-18(32)35-3)11-17-20(33)21(34)24(36-17)31-13-29-19-22(27-12-28-23(19)31)26-10-15-5-4-6-16(25)9-15/h4-6,9,12-14,17,20-21,24,33-34H,7-8,10-11H2,1-3H3,(H,26,27,28)/t17-,20-,21-,24-/m1/s1. The van der Waals surface area contributed by atoms with Crippen molar-refractivity contribution in [3.8, 4) is 0 Å². The SMILES string of the molecule is COC(=O)CCN(C[C@H]1O[C@@H](n2cnc3c(NCc4cccc(F)c4)ncnc32)[C@H](O)[C@@H]1O)C(C)C. The summed E-state index contributed by atoms with van der Waals surface area (Å²) in [5, 5.41) is 24.7. The number of halogens is 1. The summed E-state index contributed by atoms with van der Waals surface area (Å²) >= 11 is 0. The van der Waals surface area contributed by atoms with E-state index in [1.54, 1.807) is 16.7 Å². The van der Waals surface area contributed by atoms with Crippen molar-refractivity contribution in [1.82, 2.24) is 24.4 Å². The van der Waals surface area contributed by atoms with Gasteiger partial charge in [0.15, 0.2) is 23.2 Å². The van der Waals surface area contributed by atoms with Crippen molar-refractivity contribution in [2.24, 2.45) is 0 Å². The van der Waals surface area contributed by atoms with Crippen LogP contribution in [0.2, 0.25) is 0 Å². The van der Waals surface area contributed by atoms with E-state index in [9.17, 15) is 19.4 Å². The Morgan fingerprint density at radius 2 is 2.08 bits per heavy atom. The fraction of sp³-hybridized carbons (Fsp3) is 0.500. The quantitative estimate of drug-likeness (QED) is 0.350. The maximum atomic E-state index is 13.5. The summed E-state index contributed by atoms with van der Waals surface area (Å²) in [6, 6.07) is 6.31. The van der Waals surface area contributed by atoms with E-state index in [0.717, 1.165) is 5.56 Å². The van der Waals surface area contributed by atoms with E-state index in [-0.39, 0.29) is 24.2 Å². The predicted octanol–water partition coefficient (Wildman–Crippen LogP) is 1.47. The number of anilines is 1. The van der Waals surface area contributed by atoms with Gasteiger partial charge in [0.2, 0.25) is 0 Å². The van der Waals surface area contributed by atoms with Crippen molar-refractivity contribution >= 4 is 23.0 Å². The maximum absolute atomic E-state index is 13.5. The highest BCUT2D eigenvalue weighted by molar-refractivity contribution is 5.82. The number of carbonyl (C=O) groups is 1. The second-order valence-corrected chi connectivity index (χ2v) is 8.99. The highest BCUT2D eigenvalue weighted by Gasteiger charge is 2.45. The molecule has 3 N–H and O–H groups in total. The zero-order valence-electron chi connectivity index (χ0n) is 20.4. The molecule has 1 fully saturated rings. The van der Waals surface area contributed by atoms with Crippen molar-refractivity contribution in [1.29, 1.82) is 0 Å². The Bertz CT molecular complexity index is 1190. The zero-order valence-corrected chi connectivity index (χ0v) is 20.4. The van der Waals surface area contributed by atoms with Gasteiger partial charge in [-0.25, -0.2) is 19.3 Å². The Balaban J connectivity index is 1.49. The molecule has 1 saturated heterocycles. The van der Waals surface area contributed by atoms with Gasteiger partial charge in [0.05, 0.1) is 19.9 Å². The lowest BCUT2D eigenvalue weighted by atomic mass is 10.1. The first-order valence-corrected chi connectivity index (χ1v) is 11.8. The van der Waals surface area contributed by atoms with E-state index in [2.05, 4.69) is 20.3 Å². The number of ether oxygens (including phenoxy) is 2. The monoisotopic (exact) mass is 502 g/mol. The number of nitrogens with zero attached hydrogens (tertiary/aromatic N) is 5. The number of methoxy groups -OCH3 is 1. The van der Waals surface area contributed by atoms with Gasteiger partial charge >= 0.3 is 5.97 Å². The third kappa shape index (κ3) is 5.62. The van der Waals surface area contributed by atoms with Gasteiger partial charge in [-0.3, -0.25) is 14.3 Å². The van der Waals surface area contributed by atoms with Crippen LogP contribution in [-0.4, -0.2) is 85.2 Å². The maximum Gasteiger partial charge on any atom is 0.306 e. The fourth-order valence-corrected chi connectivity index (χ4v) is 4.24. The Kier molecular flexibility index (Phi) is 8.09. The first-order chi connectivity index (χ1) is 17.3. The second-order valence-electron chi connectivity index (χ2n) is 8.99. The molecule has 3 aromatic rings. The molecular formula is C24H31FN6O5. The van der Waals surface area contributed by atoms with Gasteiger partial charge in [0.25, 0.3) is 0 Å². The normalized spacial score (nSPS) is 22.0. The van der Waals surface area contributed by atoms with Crippen molar-refractivity contribution in [3.05, 3.63) is 48.3 Å². The summed E-state index contributed by atoms with van der Waals surface area (Å²) < 4.78 is 25.9. The summed E-state index contributed by atoms with van der Waals surface area (Å²) in [6.07, 6.45) is -0.951. The van der Waals surface area contributed by atoms with Crippen molar-refractivity contribution < 1.29 is 28.9 Å². The molecule has 12 heteroatoms. The van der Waals surface area contributed by atoms with Crippen molar-refractivity contribution in [2.75, 3.05) is 25.5 Å². The molecule has 4 atom stereocenters. The summed E-state index contributed by atoms with van der Waals surface area (Å²) in [7, 11) is 1.34. The van der Waals surface area contributed by atoms with E-state index in [1.807, 2.05) is 18.7 Å². The lowest BCUT2D eigenvalue weighted by molar-refractivity contribution is -0.141. The number of rotatable bonds is 10. The number of aromatic nitrogens is 4. The average Bonchev–Trinajstić information content (AvgIpc) is 3.41. The van der Waals surface area contributed by atoms with Crippen LogP contribution in [0.4, 0.5) is 10.2 Å². The van der Waals surface area contributed by atoms with Crippen molar-refractivity contribution in [2.45, 2.75) is 57.4 Å². The van der Waals surface area contributed by atoms with E-state index < -0.39 is 24.5 Å². The molecule has 0 amide bonds. The molecule has 0 bridgehead atoms. The first kappa shape index (κ1) is 25.9. The van der Waals surface area contributed by atoms with Crippen molar-refractivity contribution in [3.63, 3.8) is 0 Å². The predicted molar refractivity (Wildman–Crippen MR) is 128 cm³/mol. The number of aliphatic hydroxyl groups excluding tert-OH is 2. The molecule has 1 aliphatic heterocycles. The Hall–Kier alpha value is -3.19. The van der Waals surface area contributed by atoms with Crippen LogP contribution in [0.25, 0.3) is 11.2 Å². The lowest BCUT2D eigenvalue weighted by Crippen LogP contribution is -2.43. The zero-order chi connectivity index (χ0) is 25.8. The van der Waals surface area contributed by atoms with E-state index in [1.165, 1.54) is 31.9 Å². The molecule has 2 aromatic heterocycles. The smallest absolute Gasteiger partial charge is 0.306 e. The number of imidazole rings is 1. The Morgan fingerprint density at radius 1 is 1.28 bits per heavy atom. The minimum Gasteiger partial charge on any atom is -0.469 e. The van der Waals surface area contributed by atoms with Gasteiger partial charge in [-0.1, -0.05) is 12.1 Å². The van der Waals surface area contributed by atoms with Crippen LogP contribution in [0.1, 0.15) is 32.1 Å². The summed E-state index contributed by atoms with van der Waals surface area (Å²) in [5.41, 5.74) is 1.60. The van der Waals surface area contributed by atoms with Crippen LogP contribution in [-0.2, 0) is 20.8 Å². The number of hydrogen-bond acceptors (Lipinski definition) is 10. The lowest BCUT2D eigenvalue weighted by Gasteiger charge is -2.29. The second kappa shape index (κ2) is 11.2. The fourth-order valence-electron chi connectivity index (χ4n) is 4.24. The van der Waals surface area contributed by atoms with E-state index in [4.69, 9.17) is 9.47 Å². The van der Waals surface area contributed by atoms with Crippen LogP contribution in [0.3, 0.4) is 0 Å². The van der Waals surface area contributed by atoms with Crippen LogP contribution >= 0.6 is 0 Å². The minimum atomic E-state index is -1.22. The Labute approximate surface area is 207 Å². The molecule has 3 heterocycles. The van der Waals surface area contributed by atoms with E-state index in [0.29, 0.717) is 36.6 Å². The number of fused-ring (bicyclic) bond motifs is 1. The highest BCUT2D eigenvalue weighted by Crippen LogP contribution is 2.33. The molecule has 0 unspecified atom stereocenters. The summed E-state index contributed by atoms with van der Waals surface area (Å²) in [4.78, 5) is 26.5. The van der Waals surface area contributed by atoms with Crippen LogP contribution in [0, 0.1) is 5.82 Å². The Morgan fingerprint density at radius 3 is 2.81 bits per heavy atom. The number of hydrogen-bond donors (Lipinski definition) is 3. The van der Waals surface area contributed by atoms with Gasteiger partial charge < -0.3 is 25.0 Å². The molecule has 0 spiro atoms. The summed E-state index contributed by atoms with van der Waals surface area (Å²) in [5.74, 6) is -0.201. The molecule has 0 aliphatic carbocycles. The summed E-state index contributed by atoms with van der Waals surface area (Å²) in [6.45, 7) is 5.03.